The smallest absolute Gasteiger partial charge is 0.142 e. The number of piperidine rings is 1. The number of nitrogen functional groups attached to an aromatic ring is 1. The predicted octanol–water partition coefficient (Wildman–Crippen LogP) is 1.74. The second kappa shape index (κ2) is 5.27. The Labute approximate surface area is 102 Å². The number of hydrogen-bond donors (Lipinski definition) is 2. The third kappa shape index (κ3) is 2.82. The highest BCUT2D eigenvalue weighted by atomic mass is 15.2. The van der Waals surface area contributed by atoms with Gasteiger partial charge in [0, 0.05) is 18.8 Å². The Hall–Kier alpha value is -1.42. The molecule has 1 fully saturated rings. The van der Waals surface area contributed by atoms with E-state index in [1.807, 2.05) is 12.1 Å². The summed E-state index contributed by atoms with van der Waals surface area (Å²) in [6.45, 7) is 4.25. The Morgan fingerprint density at radius 1 is 1.59 bits per heavy atom. The van der Waals surface area contributed by atoms with Crippen LogP contribution in [0.25, 0.3) is 0 Å². The van der Waals surface area contributed by atoms with Gasteiger partial charge in [0.25, 0.3) is 0 Å². The first-order chi connectivity index (χ1) is 8.18. The Balaban J connectivity index is 2.14. The van der Waals surface area contributed by atoms with Gasteiger partial charge in [-0.3, -0.25) is 15.3 Å². The first-order valence-corrected chi connectivity index (χ1v) is 6.21. The molecule has 0 bridgehead atoms. The van der Waals surface area contributed by atoms with Crippen molar-refractivity contribution >= 4 is 5.84 Å². The van der Waals surface area contributed by atoms with Crippen molar-refractivity contribution in [3.63, 3.8) is 0 Å². The highest BCUT2D eigenvalue weighted by molar-refractivity contribution is 5.94. The van der Waals surface area contributed by atoms with Crippen LogP contribution in [0, 0.1) is 5.41 Å². The van der Waals surface area contributed by atoms with E-state index in [-0.39, 0.29) is 5.84 Å². The number of rotatable bonds is 3. The molecule has 1 unspecified atom stereocenters. The standard InChI is InChI=1S/C13H20N4/c1-10-5-2-3-8-17(10)9-11-6-4-7-16-12(11)13(14)15/h4,6-7,10H,2-3,5,8-9H2,1H3,(H3,14,15). The molecule has 0 aliphatic carbocycles. The van der Waals surface area contributed by atoms with Gasteiger partial charge in [-0.1, -0.05) is 12.5 Å². The topological polar surface area (TPSA) is 66.0 Å². The summed E-state index contributed by atoms with van der Waals surface area (Å²) < 4.78 is 0. The SMILES string of the molecule is CC1CCCCN1Cc1cccnc1C(=N)N. The van der Waals surface area contributed by atoms with Crippen molar-refractivity contribution in [3.05, 3.63) is 29.6 Å². The molecule has 1 atom stereocenters. The first kappa shape index (κ1) is 12.0. The average molecular weight is 232 g/mol. The van der Waals surface area contributed by atoms with Gasteiger partial charge in [0.2, 0.25) is 0 Å². The van der Waals surface area contributed by atoms with Crippen molar-refractivity contribution in [1.29, 1.82) is 5.41 Å². The number of amidine groups is 1. The number of nitrogens with two attached hydrogens (primary N) is 1. The molecule has 92 valence electrons. The number of hydrogen-bond acceptors (Lipinski definition) is 3. The van der Waals surface area contributed by atoms with Crippen LogP contribution in [-0.2, 0) is 6.54 Å². The lowest BCUT2D eigenvalue weighted by atomic mass is 10.0. The van der Waals surface area contributed by atoms with Gasteiger partial charge in [0.15, 0.2) is 0 Å². The van der Waals surface area contributed by atoms with E-state index in [4.69, 9.17) is 11.1 Å². The van der Waals surface area contributed by atoms with E-state index in [0.717, 1.165) is 18.7 Å². The number of likely N-dealkylation sites (tertiary alicyclic amines) is 1. The van der Waals surface area contributed by atoms with E-state index in [1.54, 1.807) is 6.20 Å². The number of pyridine rings is 1. The molecule has 4 heteroatoms. The third-order valence-electron chi connectivity index (χ3n) is 3.46. The minimum atomic E-state index is 0.0604. The molecule has 1 aliphatic heterocycles. The molecule has 3 N–H and O–H groups in total. The quantitative estimate of drug-likeness (QED) is 0.616. The zero-order valence-electron chi connectivity index (χ0n) is 10.3. The molecular formula is C13H20N4. The minimum Gasteiger partial charge on any atom is -0.382 e. The van der Waals surface area contributed by atoms with Crippen LogP contribution in [0.4, 0.5) is 0 Å². The molecule has 0 saturated carbocycles. The summed E-state index contributed by atoms with van der Waals surface area (Å²) in [7, 11) is 0. The maximum absolute atomic E-state index is 7.54. The molecule has 2 rings (SSSR count). The fourth-order valence-electron chi connectivity index (χ4n) is 2.42. The van der Waals surface area contributed by atoms with Crippen molar-refractivity contribution in [3.8, 4) is 0 Å². The molecule has 0 aromatic carbocycles. The maximum atomic E-state index is 7.54. The number of nitrogens with zero attached hydrogens (tertiary/aromatic N) is 2. The van der Waals surface area contributed by atoms with Crippen LogP contribution in [-0.4, -0.2) is 28.3 Å². The largest absolute Gasteiger partial charge is 0.382 e. The van der Waals surface area contributed by atoms with Crippen LogP contribution in [0.3, 0.4) is 0 Å². The van der Waals surface area contributed by atoms with E-state index in [1.165, 1.54) is 19.3 Å². The Bertz CT molecular complexity index is 402. The van der Waals surface area contributed by atoms with Crippen LogP contribution in [0.15, 0.2) is 18.3 Å². The Morgan fingerprint density at radius 3 is 3.12 bits per heavy atom. The van der Waals surface area contributed by atoms with Gasteiger partial charge < -0.3 is 5.73 Å². The van der Waals surface area contributed by atoms with Gasteiger partial charge in [-0.2, -0.15) is 0 Å². The van der Waals surface area contributed by atoms with Crippen LogP contribution in [0.1, 0.15) is 37.4 Å². The van der Waals surface area contributed by atoms with Crippen LogP contribution in [0.2, 0.25) is 0 Å². The van der Waals surface area contributed by atoms with E-state index < -0.39 is 0 Å². The fourth-order valence-corrected chi connectivity index (χ4v) is 2.42. The average Bonchev–Trinajstić information content (AvgIpc) is 2.32. The molecule has 0 spiro atoms. The zero-order chi connectivity index (χ0) is 12.3. The van der Waals surface area contributed by atoms with Crippen molar-refractivity contribution in [2.75, 3.05) is 6.54 Å². The predicted molar refractivity (Wildman–Crippen MR) is 69.0 cm³/mol. The van der Waals surface area contributed by atoms with Crippen molar-refractivity contribution < 1.29 is 0 Å². The van der Waals surface area contributed by atoms with E-state index >= 15 is 0 Å². The summed E-state index contributed by atoms with van der Waals surface area (Å²) in [6, 6.07) is 4.55. The Kier molecular flexibility index (Phi) is 3.74. The summed E-state index contributed by atoms with van der Waals surface area (Å²) in [6.07, 6.45) is 5.54. The van der Waals surface area contributed by atoms with Crippen LogP contribution in [0.5, 0.6) is 0 Å². The lowest BCUT2D eigenvalue weighted by molar-refractivity contribution is 0.152. The van der Waals surface area contributed by atoms with Gasteiger partial charge in [-0.25, -0.2) is 0 Å². The number of nitrogens with one attached hydrogen (secondary N) is 1. The Morgan fingerprint density at radius 2 is 2.41 bits per heavy atom. The molecular weight excluding hydrogens is 212 g/mol. The van der Waals surface area contributed by atoms with E-state index in [9.17, 15) is 0 Å². The fraction of sp³-hybridized carbons (Fsp3) is 0.538. The van der Waals surface area contributed by atoms with Gasteiger partial charge >= 0.3 is 0 Å². The van der Waals surface area contributed by atoms with Crippen LogP contribution >= 0.6 is 0 Å². The maximum Gasteiger partial charge on any atom is 0.142 e. The monoisotopic (exact) mass is 232 g/mol. The lowest BCUT2D eigenvalue weighted by Gasteiger charge is -2.33. The van der Waals surface area contributed by atoms with Gasteiger partial charge in [-0.05, 0) is 37.9 Å². The molecule has 0 amide bonds. The minimum absolute atomic E-state index is 0.0604. The summed E-state index contributed by atoms with van der Waals surface area (Å²) in [4.78, 5) is 6.64. The molecule has 0 radical (unpaired) electrons. The number of aromatic nitrogens is 1. The molecule has 4 nitrogen and oxygen atoms in total. The third-order valence-corrected chi connectivity index (χ3v) is 3.46. The molecule has 1 saturated heterocycles. The van der Waals surface area contributed by atoms with Crippen LogP contribution < -0.4 is 5.73 Å². The van der Waals surface area contributed by atoms with Crippen molar-refractivity contribution in [1.82, 2.24) is 9.88 Å². The lowest BCUT2D eigenvalue weighted by Crippen LogP contribution is -2.37. The zero-order valence-corrected chi connectivity index (χ0v) is 10.3. The molecule has 1 aromatic heterocycles. The molecule has 1 aliphatic rings. The highest BCUT2D eigenvalue weighted by Crippen LogP contribution is 2.19. The molecule has 17 heavy (non-hydrogen) atoms. The summed E-state index contributed by atoms with van der Waals surface area (Å²) >= 11 is 0. The second-order valence-corrected chi connectivity index (χ2v) is 4.74. The first-order valence-electron chi connectivity index (χ1n) is 6.21. The summed E-state index contributed by atoms with van der Waals surface area (Å²) in [5, 5.41) is 7.54. The summed E-state index contributed by atoms with van der Waals surface area (Å²) in [5.74, 6) is 0.0604. The highest BCUT2D eigenvalue weighted by Gasteiger charge is 2.19. The van der Waals surface area contributed by atoms with Crippen molar-refractivity contribution in [2.24, 2.45) is 5.73 Å². The van der Waals surface area contributed by atoms with Gasteiger partial charge in [-0.15, -0.1) is 0 Å². The van der Waals surface area contributed by atoms with Gasteiger partial charge in [0.05, 0.1) is 0 Å². The second-order valence-electron chi connectivity index (χ2n) is 4.74. The summed E-state index contributed by atoms with van der Waals surface area (Å²) in [5.41, 5.74) is 7.25. The van der Waals surface area contributed by atoms with Gasteiger partial charge in [0.1, 0.15) is 11.5 Å². The molecule has 2 heterocycles. The normalized spacial score (nSPS) is 21.4. The molecule has 1 aromatic rings. The van der Waals surface area contributed by atoms with Crippen molar-refractivity contribution in [2.45, 2.75) is 38.8 Å². The van der Waals surface area contributed by atoms with E-state index in [2.05, 4.69) is 16.8 Å². The van der Waals surface area contributed by atoms with E-state index in [0.29, 0.717) is 11.7 Å².